The molecule has 7 nitrogen and oxygen atoms in total. The maximum Gasteiger partial charge on any atom is 0.246 e. The summed E-state index contributed by atoms with van der Waals surface area (Å²) in [6.07, 6.45) is 2.06. The highest BCUT2D eigenvalue weighted by Crippen LogP contribution is 2.32. The molecule has 0 bridgehead atoms. The number of nitrogens with zero attached hydrogens (tertiary/aromatic N) is 4. The molecule has 0 saturated carbocycles. The summed E-state index contributed by atoms with van der Waals surface area (Å²) in [5.74, 6) is -0.381. The largest absolute Gasteiger partial charge is 0.294 e. The van der Waals surface area contributed by atoms with Crippen LogP contribution in [0.2, 0.25) is 5.02 Å². The molecule has 0 spiro atoms. The molecular weight excluding hydrogens is 558 g/mol. The smallest absolute Gasteiger partial charge is 0.246 e. The van der Waals surface area contributed by atoms with Gasteiger partial charge in [0.1, 0.15) is 0 Å². The Morgan fingerprint density at radius 3 is 2.68 bits per heavy atom. The van der Waals surface area contributed by atoms with Crippen LogP contribution in [0.25, 0.3) is 16.2 Å². The third-order valence-electron chi connectivity index (χ3n) is 5.17. The molecule has 2 aromatic carbocycles. The number of benzene rings is 2. The number of nitrogens with one attached hydrogen (secondary N) is 1. The van der Waals surface area contributed by atoms with Gasteiger partial charge in [0.05, 0.1) is 23.1 Å². The van der Waals surface area contributed by atoms with Crippen molar-refractivity contribution in [1.82, 2.24) is 14.8 Å². The molecule has 4 aromatic rings. The highest BCUT2D eigenvalue weighted by molar-refractivity contribution is 9.10. The van der Waals surface area contributed by atoms with E-state index >= 15 is 0 Å². The summed E-state index contributed by atoms with van der Waals surface area (Å²) < 4.78 is 2.92. The molecule has 34 heavy (non-hydrogen) atoms. The van der Waals surface area contributed by atoms with Crippen LogP contribution in [0.15, 0.2) is 69.7 Å². The van der Waals surface area contributed by atoms with Gasteiger partial charge in [-0.3, -0.25) is 18.9 Å². The van der Waals surface area contributed by atoms with E-state index in [1.165, 1.54) is 28.0 Å². The molecule has 11 heteroatoms. The fraction of sp³-hybridized carbons (Fsp3) is 0.130. The molecule has 0 radical (unpaired) electrons. The van der Waals surface area contributed by atoms with Gasteiger partial charge in [0, 0.05) is 32.3 Å². The van der Waals surface area contributed by atoms with E-state index in [1.54, 1.807) is 24.3 Å². The molecule has 0 aliphatic carbocycles. The Kier molecular flexibility index (Phi) is 6.48. The van der Waals surface area contributed by atoms with E-state index < -0.39 is 0 Å². The summed E-state index contributed by atoms with van der Waals surface area (Å²) >= 11 is 12.2. The lowest BCUT2D eigenvalue weighted by atomic mass is 10.2. The number of anilines is 1. The van der Waals surface area contributed by atoms with Crippen molar-refractivity contribution in [2.24, 2.45) is 5.10 Å². The van der Waals surface area contributed by atoms with Gasteiger partial charge in [-0.2, -0.15) is 0 Å². The van der Waals surface area contributed by atoms with Crippen LogP contribution < -0.4 is 10.3 Å². The number of amides is 2. The maximum absolute atomic E-state index is 12.7. The van der Waals surface area contributed by atoms with E-state index in [0.29, 0.717) is 15.9 Å². The third-order valence-corrected chi connectivity index (χ3v) is 7.88. The Morgan fingerprint density at radius 1 is 1.21 bits per heavy atom. The summed E-state index contributed by atoms with van der Waals surface area (Å²) in [6, 6.07) is 14.8. The van der Waals surface area contributed by atoms with Gasteiger partial charge in [0.15, 0.2) is 10.1 Å². The first-order valence-corrected chi connectivity index (χ1v) is 13.2. The van der Waals surface area contributed by atoms with Crippen LogP contribution in [0.5, 0.6) is 0 Å². The number of thiazole rings is 1. The monoisotopic (exact) mass is 573 g/mol. The quantitative estimate of drug-likeness (QED) is 0.316. The molecule has 172 valence electrons. The van der Waals surface area contributed by atoms with Gasteiger partial charge in [0.2, 0.25) is 11.8 Å². The minimum absolute atomic E-state index is 0.0984. The molecule has 1 atom stereocenters. The molecule has 1 saturated heterocycles. The Bertz CT molecular complexity index is 1420. The number of hydrogen-bond acceptors (Lipinski definition) is 6. The van der Waals surface area contributed by atoms with Crippen molar-refractivity contribution in [3.05, 3.63) is 75.3 Å². The van der Waals surface area contributed by atoms with Crippen molar-refractivity contribution >= 4 is 78.3 Å². The van der Waals surface area contributed by atoms with E-state index in [-0.39, 0.29) is 23.5 Å². The molecule has 1 unspecified atom stereocenters. The molecule has 3 heterocycles. The maximum atomic E-state index is 12.7. The van der Waals surface area contributed by atoms with Crippen LogP contribution in [-0.2, 0) is 16.0 Å². The number of imidazole rings is 1. The highest BCUT2D eigenvalue weighted by atomic mass is 79.9. The number of amidine groups is 1. The zero-order valence-electron chi connectivity index (χ0n) is 17.7. The molecular formula is C23H17BrClN5O2S2. The molecule has 2 aromatic heterocycles. The number of hydrazone groups is 1. The van der Waals surface area contributed by atoms with E-state index in [4.69, 9.17) is 11.6 Å². The van der Waals surface area contributed by atoms with Crippen LogP contribution >= 0.6 is 50.6 Å². The highest BCUT2D eigenvalue weighted by Gasteiger charge is 2.36. The van der Waals surface area contributed by atoms with Crippen molar-refractivity contribution in [2.75, 3.05) is 4.90 Å². The predicted octanol–water partition coefficient (Wildman–Crippen LogP) is 5.58. The van der Waals surface area contributed by atoms with Crippen molar-refractivity contribution < 1.29 is 9.59 Å². The lowest BCUT2D eigenvalue weighted by Gasteiger charge is -2.16. The third kappa shape index (κ3) is 4.63. The number of hydrogen-bond donors (Lipinski definition) is 1. The Morgan fingerprint density at radius 2 is 1.94 bits per heavy atom. The second-order valence-electron chi connectivity index (χ2n) is 7.53. The summed E-state index contributed by atoms with van der Waals surface area (Å²) in [7, 11) is 0. The molecule has 1 aliphatic rings. The van der Waals surface area contributed by atoms with Crippen LogP contribution in [0, 0.1) is 0 Å². The van der Waals surface area contributed by atoms with Gasteiger partial charge in [-0.05, 0) is 43.3 Å². The molecule has 1 fully saturated rings. The van der Waals surface area contributed by atoms with E-state index in [9.17, 15) is 9.59 Å². The first-order chi connectivity index (χ1) is 16.4. The van der Waals surface area contributed by atoms with E-state index in [1.807, 2.05) is 47.2 Å². The van der Waals surface area contributed by atoms with Gasteiger partial charge in [-0.1, -0.05) is 51.4 Å². The van der Waals surface area contributed by atoms with E-state index in [0.717, 1.165) is 26.4 Å². The van der Waals surface area contributed by atoms with Crippen LogP contribution in [-0.4, -0.2) is 31.6 Å². The Balaban J connectivity index is 1.32. The van der Waals surface area contributed by atoms with E-state index in [2.05, 4.69) is 31.4 Å². The second-order valence-corrected chi connectivity index (χ2v) is 11.0. The summed E-state index contributed by atoms with van der Waals surface area (Å²) in [5, 5.41) is 6.86. The van der Waals surface area contributed by atoms with Crippen LogP contribution in [0.1, 0.15) is 12.6 Å². The average molecular weight is 575 g/mol. The fourth-order valence-electron chi connectivity index (χ4n) is 3.47. The van der Waals surface area contributed by atoms with Gasteiger partial charge in [-0.15, -0.1) is 16.4 Å². The van der Waals surface area contributed by atoms with Gasteiger partial charge >= 0.3 is 0 Å². The van der Waals surface area contributed by atoms with Gasteiger partial charge in [-0.25, -0.2) is 10.4 Å². The Hall–Kier alpha value is -2.66. The number of aromatic nitrogens is 2. The summed E-state index contributed by atoms with van der Waals surface area (Å²) in [4.78, 5) is 32.3. The first kappa shape index (κ1) is 23.1. The number of fused-ring (bicyclic) bond motifs is 1. The normalized spacial score (nSPS) is 17.1. The van der Waals surface area contributed by atoms with Crippen LogP contribution in [0.4, 0.5) is 5.69 Å². The zero-order valence-corrected chi connectivity index (χ0v) is 21.7. The SMILES string of the molecule is CC1S/C(=N\NC(=O)Cc2csc3nc(-c4ccc(Br)cc4)cn23)N(c2ccc(Cl)cc2)C1=O. The zero-order chi connectivity index (χ0) is 23.8. The van der Waals surface area contributed by atoms with Crippen molar-refractivity contribution in [3.8, 4) is 11.3 Å². The van der Waals surface area contributed by atoms with Gasteiger partial charge < -0.3 is 0 Å². The fourth-order valence-corrected chi connectivity index (χ4v) is 5.66. The summed E-state index contributed by atoms with van der Waals surface area (Å²) in [6.45, 7) is 1.81. The summed E-state index contributed by atoms with van der Waals surface area (Å²) in [5.41, 5.74) is 5.90. The second kappa shape index (κ2) is 9.53. The predicted molar refractivity (Wildman–Crippen MR) is 141 cm³/mol. The van der Waals surface area contributed by atoms with Crippen molar-refractivity contribution in [1.29, 1.82) is 0 Å². The number of rotatable bonds is 5. The molecule has 5 rings (SSSR count). The molecule has 1 N–H and O–H groups in total. The van der Waals surface area contributed by atoms with Crippen molar-refractivity contribution in [3.63, 3.8) is 0 Å². The van der Waals surface area contributed by atoms with Gasteiger partial charge in [0.25, 0.3) is 0 Å². The van der Waals surface area contributed by atoms with Crippen molar-refractivity contribution in [2.45, 2.75) is 18.6 Å². The average Bonchev–Trinajstić information content (AvgIpc) is 3.48. The number of halogens is 2. The number of carbonyl (C=O) groups excluding carboxylic acids is 2. The Labute approximate surface area is 216 Å². The number of thioether (sulfide) groups is 1. The minimum Gasteiger partial charge on any atom is -0.294 e. The topological polar surface area (TPSA) is 79.1 Å². The number of carbonyl (C=O) groups is 2. The van der Waals surface area contributed by atoms with Crippen LogP contribution in [0.3, 0.4) is 0 Å². The molecule has 1 aliphatic heterocycles. The standard InChI is InChI=1S/C23H17BrClN5O2S2/c1-13-21(32)30(17-8-6-16(25)7-9-17)23(34-13)28-27-20(31)10-18-12-33-22-26-19(11-29(18)22)14-2-4-15(24)5-3-14/h2-9,11-13H,10H2,1H3,(H,27,31)/b28-23-. The molecule has 2 amide bonds. The lowest BCUT2D eigenvalue weighted by molar-refractivity contribution is -0.120. The first-order valence-electron chi connectivity index (χ1n) is 10.2. The lowest BCUT2D eigenvalue weighted by Crippen LogP contribution is -2.33. The minimum atomic E-state index is -0.300.